The van der Waals surface area contributed by atoms with Gasteiger partial charge in [-0.15, -0.1) is 0 Å². The Hall–Kier alpha value is -0.970. The van der Waals surface area contributed by atoms with Crippen molar-refractivity contribution in [3.05, 3.63) is 30.1 Å². The van der Waals surface area contributed by atoms with Gasteiger partial charge in [-0.1, -0.05) is 6.07 Å². The number of hydrogen-bond donors (Lipinski definition) is 2. The highest BCUT2D eigenvalue weighted by atomic mass is 16.5. The summed E-state index contributed by atoms with van der Waals surface area (Å²) in [6.07, 6.45) is 2.94. The first kappa shape index (κ1) is 13.1. The molecule has 0 aromatic carbocycles. The van der Waals surface area contributed by atoms with Crippen LogP contribution in [0.15, 0.2) is 24.4 Å². The molecule has 90 valence electrons. The number of aromatic nitrogens is 1. The zero-order valence-corrected chi connectivity index (χ0v) is 9.91. The summed E-state index contributed by atoms with van der Waals surface area (Å²) in [5.74, 6) is 0. The van der Waals surface area contributed by atoms with E-state index >= 15 is 0 Å². The van der Waals surface area contributed by atoms with Crippen LogP contribution in [-0.4, -0.2) is 38.3 Å². The van der Waals surface area contributed by atoms with E-state index in [1.165, 1.54) is 0 Å². The topological polar surface area (TPSA) is 46.2 Å². The smallest absolute Gasteiger partial charge is 0.0587 e. The summed E-state index contributed by atoms with van der Waals surface area (Å²) in [6, 6.07) is 5.98. The first-order chi connectivity index (χ1) is 7.93. The maximum Gasteiger partial charge on any atom is 0.0587 e. The van der Waals surface area contributed by atoms with Crippen LogP contribution in [0.5, 0.6) is 0 Å². The van der Waals surface area contributed by atoms with E-state index in [0.717, 1.165) is 44.9 Å². The molecular formula is C12H21N3O. The van der Waals surface area contributed by atoms with Crippen molar-refractivity contribution in [2.24, 2.45) is 0 Å². The minimum absolute atomic E-state index is 0.779. The number of methoxy groups -OCH3 is 1. The Labute approximate surface area is 97.4 Å². The van der Waals surface area contributed by atoms with Gasteiger partial charge in [0.05, 0.1) is 12.3 Å². The van der Waals surface area contributed by atoms with Gasteiger partial charge in [0.2, 0.25) is 0 Å². The summed E-state index contributed by atoms with van der Waals surface area (Å²) in [7, 11) is 1.72. The van der Waals surface area contributed by atoms with Crippen molar-refractivity contribution in [3.63, 3.8) is 0 Å². The molecule has 0 spiro atoms. The molecule has 1 aromatic rings. The number of ether oxygens (including phenoxy) is 1. The Bertz CT molecular complexity index is 254. The first-order valence-corrected chi connectivity index (χ1v) is 5.74. The lowest BCUT2D eigenvalue weighted by molar-refractivity contribution is 0.199. The molecule has 2 N–H and O–H groups in total. The molecule has 1 aromatic heterocycles. The van der Waals surface area contributed by atoms with E-state index in [0.29, 0.717) is 0 Å². The number of nitrogens with zero attached hydrogens (tertiary/aromatic N) is 1. The van der Waals surface area contributed by atoms with Crippen molar-refractivity contribution in [2.45, 2.75) is 13.0 Å². The molecule has 1 heterocycles. The molecule has 0 unspecified atom stereocenters. The normalized spacial score (nSPS) is 10.6. The highest BCUT2D eigenvalue weighted by Crippen LogP contribution is 1.91. The zero-order valence-electron chi connectivity index (χ0n) is 9.91. The summed E-state index contributed by atoms with van der Waals surface area (Å²) in [6.45, 7) is 4.59. The largest absolute Gasteiger partial charge is 0.383 e. The lowest BCUT2D eigenvalue weighted by atomic mass is 10.3. The Morgan fingerprint density at radius 3 is 2.81 bits per heavy atom. The molecule has 0 saturated heterocycles. The van der Waals surface area contributed by atoms with Crippen molar-refractivity contribution in [1.29, 1.82) is 0 Å². The van der Waals surface area contributed by atoms with Crippen molar-refractivity contribution < 1.29 is 4.74 Å². The fourth-order valence-corrected chi connectivity index (χ4v) is 1.36. The van der Waals surface area contributed by atoms with Gasteiger partial charge in [0.25, 0.3) is 0 Å². The molecule has 1 rings (SSSR count). The quantitative estimate of drug-likeness (QED) is 0.608. The highest BCUT2D eigenvalue weighted by molar-refractivity contribution is 5.02. The van der Waals surface area contributed by atoms with Gasteiger partial charge in [0.1, 0.15) is 0 Å². The average molecular weight is 223 g/mol. The Kier molecular flexibility index (Phi) is 7.59. The third kappa shape index (κ3) is 6.50. The summed E-state index contributed by atoms with van der Waals surface area (Å²) in [5, 5.41) is 6.66. The summed E-state index contributed by atoms with van der Waals surface area (Å²) in [4.78, 5) is 4.24. The number of pyridine rings is 1. The lowest BCUT2D eigenvalue weighted by Crippen LogP contribution is -2.24. The van der Waals surface area contributed by atoms with Crippen LogP contribution in [0.2, 0.25) is 0 Å². The maximum absolute atomic E-state index is 4.94. The van der Waals surface area contributed by atoms with Gasteiger partial charge < -0.3 is 15.4 Å². The van der Waals surface area contributed by atoms with Crippen molar-refractivity contribution in [3.8, 4) is 0 Å². The Balaban J connectivity index is 1.89. The summed E-state index contributed by atoms with van der Waals surface area (Å²) in [5.41, 5.74) is 1.09. The molecule has 4 nitrogen and oxygen atoms in total. The van der Waals surface area contributed by atoms with Gasteiger partial charge in [0.15, 0.2) is 0 Å². The standard InChI is InChI=1S/C12H21N3O/c1-16-10-9-13-6-4-7-14-11-12-5-2-3-8-15-12/h2-3,5,8,13-14H,4,6-7,9-11H2,1H3. The summed E-state index contributed by atoms with van der Waals surface area (Å²) >= 11 is 0. The third-order valence-electron chi connectivity index (χ3n) is 2.22. The van der Waals surface area contributed by atoms with E-state index in [2.05, 4.69) is 15.6 Å². The zero-order chi connectivity index (χ0) is 11.5. The Morgan fingerprint density at radius 1 is 1.19 bits per heavy atom. The van der Waals surface area contributed by atoms with E-state index < -0.39 is 0 Å². The van der Waals surface area contributed by atoms with Crippen LogP contribution in [0.3, 0.4) is 0 Å². The molecule has 0 saturated carbocycles. The van der Waals surface area contributed by atoms with E-state index in [1.54, 1.807) is 7.11 Å². The van der Waals surface area contributed by atoms with Crippen LogP contribution in [0.1, 0.15) is 12.1 Å². The number of rotatable bonds is 9. The predicted molar refractivity (Wildman–Crippen MR) is 65.3 cm³/mol. The molecule has 0 fully saturated rings. The number of nitrogens with one attached hydrogen (secondary N) is 2. The lowest BCUT2D eigenvalue weighted by Gasteiger charge is -2.05. The SMILES string of the molecule is COCCNCCCNCc1ccccn1. The van der Waals surface area contributed by atoms with Gasteiger partial charge in [-0.2, -0.15) is 0 Å². The predicted octanol–water partition coefficient (Wildman–Crippen LogP) is 0.797. The number of hydrogen-bond acceptors (Lipinski definition) is 4. The van der Waals surface area contributed by atoms with Gasteiger partial charge in [-0.25, -0.2) is 0 Å². The van der Waals surface area contributed by atoms with Crippen LogP contribution in [0.25, 0.3) is 0 Å². The molecule has 0 aliphatic heterocycles. The molecule has 16 heavy (non-hydrogen) atoms. The van der Waals surface area contributed by atoms with Crippen LogP contribution in [0.4, 0.5) is 0 Å². The average Bonchev–Trinajstić information content (AvgIpc) is 2.34. The first-order valence-electron chi connectivity index (χ1n) is 5.74. The van der Waals surface area contributed by atoms with E-state index in [-0.39, 0.29) is 0 Å². The second kappa shape index (κ2) is 9.27. The van der Waals surface area contributed by atoms with Gasteiger partial charge >= 0.3 is 0 Å². The van der Waals surface area contributed by atoms with Crippen LogP contribution in [-0.2, 0) is 11.3 Å². The van der Waals surface area contributed by atoms with Crippen molar-refractivity contribution >= 4 is 0 Å². The third-order valence-corrected chi connectivity index (χ3v) is 2.22. The van der Waals surface area contributed by atoms with Gasteiger partial charge in [-0.05, 0) is 31.6 Å². The minimum atomic E-state index is 0.779. The van der Waals surface area contributed by atoms with Crippen LogP contribution >= 0.6 is 0 Å². The monoisotopic (exact) mass is 223 g/mol. The van der Waals surface area contributed by atoms with Gasteiger partial charge in [0, 0.05) is 26.4 Å². The molecule has 0 aliphatic rings. The Morgan fingerprint density at radius 2 is 2.06 bits per heavy atom. The second-order valence-corrected chi connectivity index (χ2v) is 3.59. The highest BCUT2D eigenvalue weighted by Gasteiger charge is 1.92. The van der Waals surface area contributed by atoms with Crippen molar-refractivity contribution in [1.82, 2.24) is 15.6 Å². The van der Waals surface area contributed by atoms with Crippen LogP contribution < -0.4 is 10.6 Å². The van der Waals surface area contributed by atoms with Crippen LogP contribution in [0, 0.1) is 0 Å². The second-order valence-electron chi connectivity index (χ2n) is 3.59. The van der Waals surface area contributed by atoms with E-state index in [4.69, 9.17) is 4.74 Å². The molecule has 0 aliphatic carbocycles. The molecule has 0 atom stereocenters. The van der Waals surface area contributed by atoms with E-state index in [1.807, 2.05) is 24.4 Å². The van der Waals surface area contributed by atoms with Crippen molar-refractivity contribution in [2.75, 3.05) is 33.4 Å². The fourth-order valence-electron chi connectivity index (χ4n) is 1.36. The van der Waals surface area contributed by atoms with E-state index in [9.17, 15) is 0 Å². The maximum atomic E-state index is 4.94. The molecule has 4 heteroatoms. The van der Waals surface area contributed by atoms with Gasteiger partial charge in [-0.3, -0.25) is 4.98 Å². The summed E-state index contributed by atoms with van der Waals surface area (Å²) < 4.78 is 4.94. The molecule has 0 bridgehead atoms. The molecule has 0 amide bonds. The fraction of sp³-hybridized carbons (Fsp3) is 0.583. The molecular weight excluding hydrogens is 202 g/mol. The molecule has 0 radical (unpaired) electrons. The minimum Gasteiger partial charge on any atom is -0.383 e.